The van der Waals surface area contributed by atoms with Gasteiger partial charge in [0.1, 0.15) is 6.04 Å². The number of carbonyl (C=O) groups excluding carboxylic acids is 1. The molecule has 1 amide bonds. The van der Waals surface area contributed by atoms with Crippen molar-refractivity contribution >= 4 is 48.9 Å². The van der Waals surface area contributed by atoms with Gasteiger partial charge in [-0.25, -0.2) is 4.79 Å². The standard InChI is InChI=1S/C13H25NO3S3.Zn/c1-20-9-7-11(13(16)17)14-12(15)5-3-2-4-10(19)6-8-18;/h10-11,18-19H,2-9H2,1H3,(H,14,15)(H,16,17);/q;+2. The number of thioether (sulfide) groups is 1. The number of unbranched alkanes of at least 4 members (excludes halogenated alkanes) is 1. The molecule has 0 bridgehead atoms. The molecule has 0 spiro atoms. The first-order chi connectivity index (χ1) is 9.51. The maximum atomic E-state index is 11.7. The van der Waals surface area contributed by atoms with Crippen molar-refractivity contribution in [2.75, 3.05) is 17.8 Å². The first-order valence-corrected chi connectivity index (χ1v) is 9.35. The summed E-state index contributed by atoms with van der Waals surface area (Å²) in [6.07, 6.45) is 6.38. The van der Waals surface area contributed by atoms with Crippen LogP contribution < -0.4 is 5.32 Å². The van der Waals surface area contributed by atoms with Crippen molar-refractivity contribution in [3.63, 3.8) is 0 Å². The Kier molecular flexibility index (Phi) is 17.6. The zero-order chi connectivity index (χ0) is 15.4. The molecule has 0 aliphatic heterocycles. The van der Waals surface area contributed by atoms with E-state index < -0.39 is 12.0 Å². The van der Waals surface area contributed by atoms with Crippen LogP contribution >= 0.6 is 37.0 Å². The van der Waals surface area contributed by atoms with Gasteiger partial charge in [0.25, 0.3) is 0 Å². The number of aliphatic carboxylic acids is 1. The SMILES string of the molecule is CSCCC(NC(=O)CCCCC(S)CCS)C(=O)O.[Zn+2]. The van der Waals surface area contributed by atoms with Crippen LogP contribution in [0.15, 0.2) is 0 Å². The summed E-state index contributed by atoms with van der Waals surface area (Å²) in [5, 5.41) is 11.9. The molecule has 118 valence electrons. The Morgan fingerprint density at radius 1 is 1.24 bits per heavy atom. The van der Waals surface area contributed by atoms with Gasteiger partial charge in [-0.2, -0.15) is 37.0 Å². The van der Waals surface area contributed by atoms with E-state index in [4.69, 9.17) is 5.11 Å². The normalized spacial score (nSPS) is 13.1. The molecule has 2 unspecified atom stereocenters. The molecule has 0 aromatic heterocycles. The van der Waals surface area contributed by atoms with Gasteiger partial charge in [0.05, 0.1) is 0 Å². The molecule has 0 saturated carbocycles. The van der Waals surface area contributed by atoms with Crippen molar-refractivity contribution in [3.05, 3.63) is 0 Å². The summed E-state index contributed by atoms with van der Waals surface area (Å²) in [7, 11) is 0. The van der Waals surface area contributed by atoms with Crippen molar-refractivity contribution in [2.24, 2.45) is 0 Å². The average molecular weight is 405 g/mol. The van der Waals surface area contributed by atoms with E-state index in [1.807, 2.05) is 6.26 Å². The van der Waals surface area contributed by atoms with Gasteiger partial charge in [-0.3, -0.25) is 4.79 Å². The molecule has 8 heteroatoms. The van der Waals surface area contributed by atoms with E-state index in [0.717, 1.165) is 37.2 Å². The summed E-state index contributed by atoms with van der Waals surface area (Å²) in [4.78, 5) is 22.7. The molecule has 4 nitrogen and oxygen atoms in total. The van der Waals surface area contributed by atoms with Crippen molar-refractivity contribution in [1.29, 1.82) is 0 Å². The Labute approximate surface area is 155 Å². The second-order valence-corrected chi connectivity index (χ2v) is 6.81. The van der Waals surface area contributed by atoms with Crippen LogP contribution in [0.5, 0.6) is 0 Å². The third-order valence-corrected chi connectivity index (χ3v) is 4.32. The average Bonchev–Trinajstić information content (AvgIpc) is 2.39. The molecule has 2 N–H and O–H groups in total. The molecule has 0 saturated heterocycles. The van der Waals surface area contributed by atoms with Crippen LogP contribution in [0.25, 0.3) is 0 Å². The van der Waals surface area contributed by atoms with Crippen molar-refractivity contribution in [2.45, 2.75) is 49.8 Å². The van der Waals surface area contributed by atoms with Gasteiger partial charge in [-0.15, -0.1) is 0 Å². The first kappa shape index (κ1) is 23.9. The van der Waals surface area contributed by atoms with Crippen LogP contribution in [0.2, 0.25) is 0 Å². The van der Waals surface area contributed by atoms with Crippen LogP contribution in [0.1, 0.15) is 38.5 Å². The molecule has 0 radical (unpaired) electrons. The Morgan fingerprint density at radius 2 is 1.90 bits per heavy atom. The van der Waals surface area contributed by atoms with Gasteiger partial charge in [-0.1, -0.05) is 6.42 Å². The van der Waals surface area contributed by atoms with Crippen molar-refractivity contribution in [3.8, 4) is 0 Å². The third kappa shape index (κ3) is 14.0. The van der Waals surface area contributed by atoms with E-state index in [2.05, 4.69) is 30.6 Å². The minimum atomic E-state index is -0.961. The molecule has 0 rings (SSSR count). The Bertz CT molecular complexity index is 296. The topological polar surface area (TPSA) is 66.4 Å². The second kappa shape index (κ2) is 15.5. The summed E-state index contributed by atoms with van der Waals surface area (Å²) >= 11 is 10.2. The predicted octanol–water partition coefficient (Wildman–Crippen LogP) is 2.49. The van der Waals surface area contributed by atoms with Gasteiger partial charge >= 0.3 is 25.4 Å². The van der Waals surface area contributed by atoms with E-state index in [9.17, 15) is 9.59 Å². The number of amides is 1. The number of carboxylic acid groups (broad SMARTS) is 1. The van der Waals surface area contributed by atoms with E-state index >= 15 is 0 Å². The van der Waals surface area contributed by atoms with Gasteiger partial charge in [0, 0.05) is 11.7 Å². The fourth-order valence-corrected chi connectivity index (χ4v) is 3.02. The van der Waals surface area contributed by atoms with Crippen molar-refractivity contribution in [1.82, 2.24) is 5.32 Å². The smallest absolute Gasteiger partial charge is 0.480 e. The van der Waals surface area contributed by atoms with E-state index in [1.54, 1.807) is 11.8 Å². The quantitative estimate of drug-likeness (QED) is 0.229. The van der Waals surface area contributed by atoms with Crippen LogP contribution in [-0.4, -0.2) is 46.0 Å². The zero-order valence-corrected chi connectivity index (χ0v) is 18.2. The number of carboxylic acids is 1. The van der Waals surface area contributed by atoms with Crippen LogP contribution in [0, 0.1) is 0 Å². The number of nitrogens with one attached hydrogen (secondary N) is 1. The van der Waals surface area contributed by atoms with Crippen LogP contribution in [0.3, 0.4) is 0 Å². The Hall–Kier alpha value is 0.613. The summed E-state index contributed by atoms with van der Waals surface area (Å²) in [5.41, 5.74) is 0. The summed E-state index contributed by atoms with van der Waals surface area (Å²) < 4.78 is 0. The van der Waals surface area contributed by atoms with Crippen molar-refractivity contribution < 1.29 is 34.2 Å². The van der Waals surface area contributed by atoms with Gasteiger partial charge < -0.3 is 10.4 Å². The monoisotopic (exact) mass is 403 g/mol. The van der Waals surface area contributed by atoms with E-state index in [-0.39, 0.29) is 25.4 Å². The summed E-state index contributed by atoms with van der Waals surface area (Å²) in [6.45, 7) is 0. The number of thiol groups is 2. The molecule has 2 atom stereocenters. The zero-order valence-electron chi connectivity index (χ0n) is 12.6. The minimum absolute atomic E-state index is 0. The number of hydrogen-bond acceptors (Lipinski definition) is 5. The molecule has 0 fully saturated rings. The molecule has 21 heavy (non-hydrogen) atoms. The van der Waals surface area contributed by atoms with Gasteiger partial charge in [-0.05, 0) is 43.4 Å². The minimum Gasteiger partial charge on any atom is -0.480 e. The summed E-state index contributed by atoms with van der Waals surface area (Å²) in [5.74, 6) is 0.409. The third-order valence-electron chi connectivity index (χ3n) is 2.90. The second-order valence-electron chi connectivity index (χ2n) is 4.65. The maximum absolute atomic E-state index is 11.7. The molecular weight excluding hydrogens is 380 g/mol. The molecule has 0 aromatic rings. The Balaban J connectivity index is 0. The maximum Gasteiger partial charge on any atom is 2.00 e. The van der Waals surface area contributed by atoms with E-state index in [1.165, 1.54) is 0 Å². The number of rotatable bonds is 12. The fraction of sp³-hybridized carbons (Fsp3) is 0.846. The van der Waals surface area contributed by atoms with Crippen LogP contribution in [0.4, 0.5) is 0 Å². The summed E-state index contributed by atoms with van der Waals surface area (Å²) in [6, 6.07) is -0.767. The number of carbonyl (C=O) groups is 2. The fourth-order valence-electron chi connectivity index (χ4n) is 1.72. The Morgan fingerprint density at radius 3 is 2.43 bits per heavy atom. The molecule has 0 aliphatic rings. The first-order valence-electron chi connectivity index (χ1n) is 6.81. The number of hydrogen-bond donors (Lipinski definition) is 4. The van der Waals surface area contributed by atoms with Gasteiger partial charge in [0.2, 0.25) is 5.91 Å². The molecule has 0 aliphatic carbocycles. The predicted molar refractivity (Wildman–Crippen MR) is 92.3 cm³/mol. The molecular formula is C13H25NO3S3Zn+2. The molecule has 0 aromatic carbocycles. The molecule has 0 heterocycles. The van der Waals surface area contributed by atoms with Gasteiger partial charge in [0.15, 0.2) is 0 Å². The van der Waals surface area contributed by atoms with E-state index in [0.29, 0.717) is 18.1 Å². The van der Waals surface area contributed by atoms with Crippen LogP contribution in [-0.2, 0) is 29.1 Å². The largest absolute Gasteiger partial charge is 2.00 e.